The summed E-state index contributed by atoms with van der Waals surface area (Å²) in [7, 11) is 0. The van der Waals surface area contributed by atoms with Crippen molar-refractivity contribution in [3.8, 4) is 0 Å². The highest BCUT2D eigenvalue weighted by atomic mass is 79.9. The normalized spacial score (nSPS) is 21.3. The summed E-state index contributed by atoms with van der Waals surface area (Å²) in [5, 5.41) is 0. The van der Waals surface area contributed by atoms with Gasteiger partial charge in [0, 0.05) is 32.7 Å². The smallest absolute Gasteiger partial charge is 0.143 e. The van der Waals surface area contributed by atoms with Gasteiger partial charge in [0.1, 0.15) is 5.82 Å². The highest BCUT2D eigenvalue weighted by molar-refractivity contribution is 9.10. The van der Waals surface area contributed by atoms with Crippen LogP contribution in [0.2, 0.25) is 0 Å². The summed E-state index contributed by atoms with van der Waals surface area (Å²) in [5.74, 6) is 2.01. The molecule has 2 fully saturated rings. The van der Waals surface area contributed by atoms with E-state index in [1.165, 1.54) is 19.4 Å². The van der Waals surface area contributed by atoms with E-state index in [0.717, 1.165) is 42.4 Å². The van der Waals surface area contributed by atoms with Crippen molar-refractivity contribution in [3.05, 3.63) is 16.7 Å². The SMILES string of the molecule is Nc1cnc(N2CCN(CC3CC3)CC2)c(Br)c1. The van der Waals surface area contributed by atoms with Gasteiger partial charge in [-0.3, -0.25) is 4.90 Å². The molecule has 0 aromatic carbocycles. The number of nitrogens with two attached hydrogens (primary N) is 1. The van der Waals surface area contributed by atoms with E-state index in [1.54, 1.807) is 6.20 Å². The molecular weight excluding hydrogens is 292 g/mol. The highest BCUT2D eigenvalue weighted by Crippen LogP contribution is 2.31. The average molecular weight is 311 g/mol. The summed E-state index contributed by atoms with van der Waals surface area (Å²) in [6, 6.07) is 1.93. The summed E-state index contributed by atoms with van der Waals surface area (Å²) >= 11 is 3.55. The Morgan fingerprint density at radius 3 is 2.61 bits per heavy atom. The van der Waals surface area contributed by atoms with Crippen molar-refractivity contribution in [1.82, 2.24) is 9.88 Å². The maximum Gasteiger partial charge on any atom is 0.143 e. The molecule has 18 heavy (non-hydrogen) atoms. The third-order valence-corrected chi connectivity index (χ3v) is 4.31. The maximum atomic E-state index is 5.72. The van der Waals surface area contributed by atoms with Gasteiger partial charge in [0.05, 0.1) is 16.4 Å². The third kappa shape index (κ3) is 2.78. The lowest BCUT2D eigenvalue weighted by molar-refractivity contribution is 0.247. The minimum absolute atomic E-state index is 0.706. The molecule has 0 unspecified atom stereocenters. The third-order valence-electron chi connectivity index (χ3n) is 3.73. The summed E-state index contributed by atoms with van der Waals surface area (Å²) in [5.41, 5.74) is 6.43. The van der Waals surface area contributed by atoms with Gasteiger partial charge in [0.2, 0.25) is 0 Å². The van der Waals surface area contributed by atoms with E-state index in [0.29, 0.717) is 5.69 Å². The minimum Gasteiger partial charge on any atom is -0.397 e. The second-order valence-corrected chi connectivity index (χ2v) is 6.16. The highest BCUT2D eigenvalue weighted by Gasteiger charge is 2.27. The van der Waals surface area contributed by atoms with E-state index in [1.807, 2.05) is 6.07 Å². The van der Waals surface area contributed by atoms with Crippen molar-refractivity contribution in [2.45, 2.75) is 12.8 Å². The first-order valence-electron chi connectivity index (χ1n) is 6.60. The van der Waals surface area contributed by atoms with Crippen LogP contribution in [0.1, 0.15) is 12.8 Å². The van der Waals surface area contributed by atoms with Crippen LogP contribution in [0.3, 0.4) is 0 Å². The number of aromatic nitrogens is 1. The lowest BCUT2D eigenvalue weighted by Gasteiger charge is -2.35. The van der Waals surface area contributed by atoms with Gasteiger partial charge in [0.15, 0.2) is 0 Å². The average Bonchev–Trinajstić information content (AvgIpc) is 3.15. The van der Waals surface area contributed by atoms with Gasteiger partial charge in [0.25, 0.3) is 0 Å². The van der Waals surface area contributed by atoms with Gasteiger partial charge in [-0.05, 0) is 40.8 Å². The number of halogens is 1. The molecule has 1 saturated heterocycles. The number of rotatable bonds is 3. The van der Waals surface area contributed by atoms with Crippen LogP contribution in [0.25, 0.3) is 0 Å². The van der Waals surface area contributed by atoms with Crippen molar-refractivity contribution in [2.24, 2.45) is 5.92 Å². The van der Waals surface area contributed by atoms with Gasteiger partial charge < -0.3 is 10.6 Å². The molecule has 98 valence electrons. The van der Waals surface area contributed by atoms with E-state index >= 15 is 0 Å². The molecule has 1 aromatic rings. The molecule has 0 amide bonds. The number of anilines is 2. The van der Waals surface area contributed by atoms with Crippen molar-refractivity contribution in [2.75, 3.05) is 43.4 Å². The van der Waals surface area contributed by atoms with E-state index in [2.05, 4.69) is 30.7 Å². The topological polar surface area (TPSA) is 45.4 Å². The van der Waals surface area contributed by atoms with Gasteiger partial charge in [-0.1, -0.05) is 0 Å². The molecule has 4 nitrogen and oxygen atoms in total. The molecule has 0 bridgehead atoms. The summed E-state index contributed by atoms with van der Waals surface area (Å²) in [4.78, 5) is 9.36. The molecule has 5 heteroatoms. The number of piperazine rings is 1. The Balaban J connectivity index is 1.60. The quantitative estimate of drug-likeness (QED) is 0.927. The summed E-state index contributed by atoms with van der Waals surface area (Å²) in [6.07, 6.45) is 4.60. The lowest BCUT2D eigenvalue weighted by Crippen LogP contribution is -2.47. The van der Waals surface area contributed by atoms with Crippen molar-refractivity contribution < 1.29 is 0 Å². The van der Waals surface area contributed by atoms with E-state index in [4.69, 9.17) is 5.73 Å². The predicted octanol–water partition coefficient (Wildman–Crippen LogP) is 1.96. The van der Waals surface area contributed by atoms with Crippen LogP contribution in [-0.4, -0.2) is 42.6 Å². The Morgan fingerprint density at radius 2 is 2.00 bits per heavy atom. The first kappa shape index (κ1) is 12.2. The second kappa shape index (κ2) is 5.05. The van der Waals surface area contributed by atoms with E-state index < -0.39 is 0 Å². The maximum absolute atomic E-state index is 5.72. The fourth-order valence-corrected chi connectivity index (χ4v) is 3.10. The van der Waals surface area contributed by atoms with Crippen molar-refractivity contribution >= 4 is 27.4 Å². The Hall–Kier alpha value is -0.810. The van der Waals surface area contributed by atoms with Crippen LogP contribution in [0.5, 0.6) is 0 Å². The molecule has 1 saturated carbocycles. The van der Waals surface area contributed by atoms with Gasteiger partial charge in [-0.2, -0.15) is 0 Å². The number of nitrogen functional groups attached to an aromatic ring is 1. The Kier molecular flexibility index (Phi) is 3.43. The van der Waals surface area contributed by atoms with Crippen molar-refractivity contribution in [3.63, 3.8) is 0 Å². The van der Waals surface area contributed by atoms with Crippen LogP contribution < -0.4 is 10.6 Å². The Labute approximate surface area is 116 Å². The van der Waals surface area contributed by atoms with Crippen LogP contribution >= 0.6 is 15.9 Å². The first-order valence-corrected chi connectivity index (χ1v) is 7.40. The Morgan fingerprint density at radius 1 is 1.28 bits per heavy atom. The summed E-state index contributed by atoms with van der Waals surface area (Å²) in [6.45, 7) is 5.71. The molecule has 2 N–H and O–H groups in total. The largest absolute Gasteiger partial charge is 0.397 e. The van der Waals surface area contributed by atoms with Crippen LogP contribution in [0.15, 0.2) is 16.7 Å². The number of pyridine rings is 1. The standard InChI is InChI=1S/C13H19BrN4/c14-12-7-11(15)8-16-13(12)18-5-3-17(4-6-18)9-10-1-2-10/h7-8,10H,1-6,9,15H2. The fraction of sp³-hybridized carbons (Fsp3) is 0.615. The predicted molar refractivity (Wildman–Crippen MR) is 77.7 cm³/mol. The van der Waals surface area contributed by atoms with E-state index in [9.17, 15) is 0 Å². The molecule has 1 aromatic heterocycles. The number of hydrogen-bond donors (Lipinski definition) is 1. The van der Waals surface area contributed by atoms with Gasteiger partial charge in [-0.25, -0.2) is 4.98 Å². The van der Waals surface area contributed by atoms with Gasteiger partial charge >= 0.3 is 0 Å². The number of hydrogen-bond acceptors (Lipinski definition) is 4. The number of nitrogens with zero attached hydrogens (tertiary/aromatic N) is 3. The van der Waals surface area contributed by atoms with E-state index in [-0.39, 0.29) is 0 Å². The lowest BCUT2D eigenvalue weighted by atomic mass is 10.2. The molecule has 2 heterocycles. The molecule has 1 aliphatic heterocycles. The zero-order chi connectivity index (χ0) is 12.5. The zero-order valence-electron chi connectivity index (χ0n) is 10.5. The molecule has 1 aliphatic carbocycles. The second-order valence-electron chi connectivity index (χ2n) is 5.31. The molecular formula is C13H19BrN4. The fourth-order valence-electron chi connectivity index (χ4n) is 2.49. The molecule has 3 rings (SSSR count). The zero-order valence-corrected chi connectivity index (χ0v) is 12.1. The summed E-state index contributed by atoms with van der Waals surface area (Å²) < 4.78 is 0.998. The van der Waals surface area contributed by atoms with Crippen LogP contribution in [0.4, 0.5) is 11.5 Å². The molecule has 0 spiro atoms. The van der Waals surface area contributed by atoms with Crippen LogP contribution in [0, 0.1) is 5.92 Å². The van der Waals surface area contributed by atoms with Gasteiger partial charge in [-0.15, -0.1) is 0 Å². The Bertz CT molecular complexity index is 425. The van der Waals surface area contributed by atoms with Crippen LogP contribution in [-0.2, 0) is 0 Å². The molecule has 0 radical (unpaired) electrons. The minimum atomic E-state index is 0.706. The molecule has 2 aliphatic rings. The first-order chi connectivity index (χ1) is 8.72. The van der Waals surface area contributed by atoms with Crippen molar-refractivity contribution in [1.29, 1.82) is 0 Å². The monoisotopic (exact) mass is 310 g/mol. The molecule has 0 atom stereocenters.